The fourth-order valence-electron chi connectivity index (χ4n) is 1.29. The third-order valence-electron chi connectivity index (χ3n) is 2.38. The Bertz CT molecular complexity index is 134. The molecule has 78 valence electrons. The second-order valence-corrected chi connectivity index (χ2v) is 3.71. The van der Waals surface area contributed by atoms with Gasteiger partial charge in [-0.1, -0.05) is 39.0 Å². The summed E-state index contributed by atoms with van der Waals surface area (Å²) in [4.78, 5) is 12.6. The summed E-state index contributed by atoms with van der Waals surface area (Å²) in [5.74, 6) is 0.175. The number of carbonyl (C=O) groups is 1. The summed E-state index contributed by atoms with van der Waals surface area (Å²) in [7, 11) is 1.87. The topological polar surface area (TPSA) is 20.3 Å². The van der Waals surface area contributed by atoms with Gasteiger partial charge in [0.2, 0.25) is 5.91 Å². The van der Waals surface area contributed by atoms with E-state index in [4.69, 9.17) is 0 Å². The first-order valence-electron chi connectivity index (χ1n) is 5.40. The van der Waals surface area contributed by atoms with Crippen LogP contribution in [-0.2, 0) is 4.79 Å². The largest absolute Gasteiger partial charge is 0.346 e. The van der Waals surface area contributed by atoms with Gasteiger partial charge in [0.25, 0.3) is 0 Å². The lowest BCUT2D eigenvalue weighted by atomic mass is 10.1. The zero-order valence-electron chi connectivity index (χ0n) is 9.31. The molecule has 0 saturated carbocycles. The molecule has 0 aromatic heterocycles. The predicted molar refractivity (Wildman–Crippen MR) is 56.7 cm³/mol. The van der Waals surface area contributed by atoms with Crippen LogP contribution in [0.4, 0.5) is 0 Å². The minimum atomic E-state index is 0.175. The fourth-order valence-corrected chi connectivity index (χ4v) is 1.29. The van der Waals surface area contributed by atoms with Gasteiger partial charge in [0.15, 0.2) is 0 Å². The molecule has 0 unspecified atom stereocenters. The first kappa shape index (κ1) is 12.5. The van der Waals surface area contributed by atoms with Gasteiger partial charge in [0, 0.05) is 20.5 Å². The molecule has 0 aromatic carbocycles. The third-order valence-corrected chi connectivity index (χ3v) is 2.38. The van der Waals surface area contributed by atoms with Gasteiger partial charge in [0.05, 0.1) is 0 Å². The van der Waals surface area contributed by atoms with Crippen LogP contribution in [-0.4, -0.2) is 24.4 Å². The zero-order valence-corrected chi connectivity index (χ0v) is 9.31. The van der Waals surface area contributed by atoms with Gasteiger partial charge in [0.1, 0.15) is 0 Å². The molecule has 2 heteroatoms. The Labute approximate surface area is 82.3 Å². The second kappa shape index (κ2) is 8.09. The lowest BCUT2D eigenvalue weighted by Gasteiger charge is -2.13. The average molecular weight is 185 g/mol. The van der Waals surface area contributed by atoms with Gasteiger partial charge in [-0.2, -0.15) is 0 Å². The van der Waals surface area contributed by atoms with Crippen LogP contribution in [0.5, 0.6) is 0 Å². The second-order valence-electron chi connectivity index (χ2n) is 3.71. The Morgan fingerprint density at radius 2 is 1.62 bits per heavy atom. The van der Waals surface area contributed by atoms with E-state index in [1.54, 1.807) is 11.8 Å². The van der Waals surface area contributed by atoms with E-state index in [1.807, 2.05) is 7.05 Å². The van der Waals surface area contributed by atoms with Crippen molar-refractivity contribution in [3.63, 3.8) is 0 Å². The van der Waals surface area contributed by atoms with Crippen LogP contribution in [0, 0.1) is 0 Å². The number of unbranched alkanes of at least 4 members (excludes halogenated alkanes) is 5. The molecule has 0 spiro atoms. The van der Waals surface area contributed by atoms with Crippen LogP contribution in [0.3, 0.4) is 0 Å². The van der Waals surface area contributed by atoms with Gasteiger partial charge in [-0.3, -0.25) is 4.79 Å². The minimum Gasteiger partial charge on any atom is -0.346 e. The van der Waals surface area contributed by atoms with Gasteiger partial charge in [-0.25, -0.2) is 0 Å². The highest BCUT2D eigenvalue weighted by molar-refractivity contribution is 5.72. The zero-order chi connectivity index (χ0) is 10.1. The summed E-state index contributed by atoms with van der Waals surface area (Å²) >= 11 is 0. The SMILES string of the molecule is CCCCCCCCN(C)C(C)=O. The Kier molecular flexibility index (Phi) is 7.76. The fraction of sp³-hybridized carbons (Fsp3) is 0.909. The number of carbonyl (C=O) groups excluding carboxylic acids is 1. The van der Waals surface area contributed by atoms with Gasteiger partial charge < -0.3 is 4.90 Å². The van der Waals surface area contributed by atoms with Crippen molar-refractivity contribution in [2.75, 3.05) is 13.6 Å². The molecule has 0 N–H and O–H groups in total. The standard InChI is InChI=1S/C11H23NO/c1-4-5-6-7-8-9-10-12(3)11(2)13/h4-10H2,1-3H3. The van der Waals surface area contributed by atoms with E-state index < -0.39 is 0 Å². The molecule has 0 fully saturated rings. The first-order valence-corrected chi connectivity index (χ1v) is 5.40. The van der Waals surface area contributed by atoms with E-state index in [1.165, 1.54) is 32.1 Å². The molecular formula is C11H23NO. The molecule has 0 radical (unpaired) electrons. The summed E-state index contributed by atoms with van der Waals surface area (Å²) in [5, 5.41) is 0. The summed E-state index contributed by atoms with van der Waals surface area (Å²) in [6, 6.07) is 0. The van der Waals surface area contributed by atoms with Crippen LogP contribution in [0.2, 0.25) is 0 Å². The molecule has 0 aliphatic rings. The smallest absolute Gasteiger partial charge is 0.219 e. The van der Waals surface area contributed by atoms with Gasteiger partial charge >= 0.3 is 0 Å². The van der Waals surface area contributed by atoms with E-state index in [2.05, 4.69) is 6.92 Å². The Balaban J connectivity index is 3.11. The molecule has 0 aliphatic carbocycles. The summed E-state index contributed by atoms with van der Waals surface area (Å²) in [5.41, 5.74) is 0. The summed E-state index contributed by atoms with van der Waals surface area (Å²) in [6.07, 6.45) is 7.73. The third kappa shape index (κ3) is 7.82. The molecule has 13 heavy (non-hydrogen) atoms. The van der Waals surface area contributed by atoms with Crippen molar-refractivity contribution in [2.24, 2.45) is 0 Å². The highest BCUT2D eigenvalue weighted by Crippen LogP contribution is 2.05. The summed E-state index contributed by atoms with van der Waals surface area (Å²) < 4.78 is 0. The van der Waals surface area contributed by atoms with Crippen molar-refractivity contribution in [1.29, 1.82) is 0 Å². The maximum atomic E-state index is 10.8. The van der Waals surface area contributed by atoms with E-state index in [0.29, 0.717) is 0 Å². The molecule has 0 rings (SSSR count). The molecule has 1 amide bonds. The molecule has 0 bridgehead atoms. The molecule has 0 atom stereocenters. The number of nitrogens with zero attached hydrogens (tertiary/aromatic N) is 1. The van der Waals surface area contributed by atoms with Crippen molar-refractivity contribution in [3.05, 3.63) is 0 Å². The maximum absolute atomic E-state index is 10.8. The lowest BCUT2D eigenvalue weighted by molar-refractivity contribution is -0.127. The molecule has 0 aromatic rings. The summed E-state index contributed by atoms with van der Waals surface area (Å²) in [6.45, 7) is 4.77. The van der Waals surface area contributed by atoms with Crippen LogP contribution < -0.4 is 0 Å². The van der Waals surface area contributed by atoms with Crippen LogP contribution >= 0.6 is 0 Å². The highest BCUT2D eigenvalue weighted by Gasteiger charge is 1.99. The predicted octanol–water partition coefficient (Wildman–Crippen LogP) is 2.83. The molecule has 0 saturated heterocycles. The lowest BCUT2D eigenvalue weighted by Crippen LogP contribution is -2.24. The van der Waals surface area contributed by atoms with Gasteiger partial charge in [-0.05, 0) is 6.42 Å². The average Bonchev–Trinajstić information content (AvgIpc) is 2.10. The van der Waals surface area contributed by atoms with Crippen LogP contribution in [0.1, 0.15) is 52.4 Å². The minimum absolute atomic E-state index is 0.175. The van der Waals surface area contributed by atoms with E-state index in [9.17, 15) is 4.79 Å². The van der Waals surface area contributed by atoms with Crippen LogP contribution in [0.15, 0.2) is 0 Å². The number of rotatable bonds is 7. The van der Waals surface area contributed by atoms with E-state index in [0.717, 1.165) is 13.0 Å². The quantitative estimate of drug-likeness (QED) is 0.558. The van der Waals surface area contributed by atoms with Crippen molar-refractivity contribution in [1.82, 2.24) is 4.90 Å². The number of hydrogen-bond donors (Lipinski definition) is 0. The number of hydrogen-bond acceptors (Lipinski definition) is 1. The van der Waals surface area contributed by atoms with Gasteiger partial charge in [-0.15, -0.1) is 0 Å². The van der Waals surface area contributed by atoms with Crippen molar-refractivity contribution < 1.29 is 4.79 Å². The molecule has 0 aliphatic heterocycles. The van der Waals surface area contributed by atoms with Crippen molar-refractivity contribution in [2.45, 2.75) is 52.4 Å². The Morgan fingerprint density at radius 3 is 2.15 bits per heavy atom. The first-order chi connectivity index (χ1) is 6.18. The normalized spacial score (nSPS) is 10.1. The number of amides is 1. The highest BCUT2D eigenvalue weighted by atomic mass is 16.2. The molecule has 2 nitrogen and oxygen atoms in total. The molecule has 0 heterocycles. The van der Waals surface area contributed by atoms with E-state index >= 15 is 0 Å². The van der Waals surface area contributed by atoms with Crippen LogP contribution in [0.25, 0.3) is 0 Å². The van der Waals surface area contributed by atoms with Crippen molar-refractivity contribution >= 4 is 5.91 Å². The Morgan fingerprint density at radius 1 is 1.08 bits per heavy atom. The maximum Gasteiger partial charge on any atom is 0.219 e. The Hall–Kier alpha value is -0.530. The van der Waals surface area contributed by atoms with Crippen molar-refractivity contribution in [3.8, 4) is 0 Å². The van der Waals surface area contributed by atoms with E-state index in [-0.39, 0.29) is 5.91 Å². The molecular weight excluding hydrogens is 162 g/mol. The monoisotopic (exact) mass is 185 g/mol.